The third-order valence-electron chi connectivity index (χ3n) is 4.35. The van der Waals surface area contributed by atoms with Gasteiger partial charge in [-0.1, -0.05) is 66.7 Å². The van der Waals surface area contributed by atoms with Crippen LogP contribution in [0.5, 0.6) is 5.75 Å². The number of carbonyl (C=O) groups is 2. The lowest BCUT2D eigenvalue weighted by Crippen LogP contribution is -2.40. The van der Waals surface area contributed by atoms with Gasteiger partial charge in [-0.2, -0.15) is 0 Å². The molecule has 0 aliphatic rings. The predicted molar refractivity (Wildman–Crippen MR) is 108 cm³/mol. The van der Waals surface area contributed by atoms with Crippen molar-refractivity contribution in [2.24, 2.45) is 0 Å². The molecule has 1 atom stereocenters. The van der Waals surface area contributed by atoms with Gasteiger partial charge in [0.25, 0.3) is 5.91 Å². The molecule has 0 spiro atoms. The van der Waals surface area contributed by atoms with E-state index in [-0.39, 0.29) is 11.8 Å². The maximum Gasteiger partial charge on any atom is 0.252 e. The number of hydrogen-bond acceptors (Lipinski definition) is 3. The monoisotopic (exact) mass is 374 g/mol. The summed E-state index contributed by atoms with van der Waals surface area (Å²) in [5, 5.41) is 5.73. The second-order valence-corrected chi connectivity index (χ2v) is 6.21. The minimum absolute atomic E-state index is 0.290. The van der Waals surface area contributed by atoms with Gasteiger partial charge in [-0.05, 0) is 23.8 Å². The first-order valence-electron chi connectivity index (χ1n) is 8.99. The highest BCUT2D eigenvalue weighted by atomic mass is 16.5. The molecule has 1 unspecified atom stereocenters. The largest absolute Gasteiger partial charge is 0.496 e. The van der Waals surface area contributed by atoms with Crippen molar-refractivity contribution in [3.63, 3.8) is 0 Å². The lowest BCUT2D eigenvalue weighted by molar-refractivity contribution is -0.123. The van der Waals surface area contributed by atoms with E-state index in [4.69, 9.17) is 4.74 Å². The van der Waals surface area contributed by atoms with E-state index in [0.717, 1.165) is 5.56 Å². The molecule has 5 heteroatoms. The lowest BCUT2D eigenvalue weighted by atomic mass is 10.0. The van der Waals surface area contributed by atoms with Crippen molar-refractivity contribution >= 4 is 11.8 Å². The minimum Gasteiger partial charge on any atom is -0.496 e. The van der Waals surface area contributed by atoms with Gasteiger partial charge in [0.15, 0.2) is 0 Å². The Labute approximate surface area is 164 Å². The zero-order chi connectivity index (χ0) is 19.8. The van der Waals surface area contributed by atoms with Crippen LogP contribution in [0, 0.1) is 0 Å². The molecule has 0 bridgehead atoms. The molecule has 3 rings (SSSR count). The fraction of sp³-hybridized carbons (Fsp3) is 0.130. The van der Waals surface area contributed by atoms with Crippen molar-refractivity contribution in [1.82, 2.24) is 10.6 Å². The number of nitrogens with one attached hydrogen (secondary N) is 2. The van der Waals surface area contributed by atoms with E-state index >= 15 is 0 Å². The summed E-state index contributed by atoms with van der Waals surface area (Å²) in [4.78, 5) is 25.5. The van der Waals surface area contributed by atoms with Crippen LogP contribution in [-0.4, -0.2) is 18.9 Å². The van der Waals surface area contributed by atoms with E-state index in [1.165, 1.54) is 0 Å². The van der Waals surface area contributed by atoms with Crippen LogP contribution in [0.15, 0.2) is 84.9 Å². The Balaban J connectivity index is 1.77. The highest BCUT2D eigenvalue weighted by Gasteiger charge is 2.23. The Morgan fingerprint density at radius 3 is 2.14 bits per heavy atom. The number of ether oxygens (including phenoxy) is 1. The van der Waals surface area contributed by atoms with Gasteiger partial charge in [-0.25, -0.2) is 0 Å². The van der Waals surface area contributed by atoms with Gasteiger partial charge in [0.2, 0.25) is 5.91 Å². The van der Waals surface area contributed by atoms with Gasteiger partial charge in [-0.15, -0.1) is 0 Å². The molecular weight excluding hydrogens is 352 g/mol. The van der Waals surface area contributed by atoms with E-state index in [2.05, 4.69) is 10.6 Å². The van der Waals surface area contributed by atoms with Crippen molar-refractivity contribution in [2.75, 3.05) is 7.11 Å². The molecule has 2 amide bonds. The second kappa shape index (κ2) is 9.37. The highest BCUT2D eigenvalue weighted by Crippen LogP contribution is 2.18. The van der Waals surface area contributed by atoms with Crippen molar-refractivity contribution in [2.45, 2.75) is 12.6 Å². The zero-order valence-corrected chi connectivity index (χ0v) is 15.6. The number of rotatable bonds is 7. The Hall–Kier alpha value is -3.60. The average Bonchev–Trinajstić information content (AvgIpc) is 2.77. The quantitative estimate of drug-likeness (QED) is 0.665. The summed E-state index contributed by atoms with van der Waals surface area (Å²) in [5.74, 6) is 0.107. The van der Waals surface area contributed by atoms with Gasteiger partial charge >= 0.3 is 0 Å². The standard InChI is InChI=1S/C23H22N2O3/c1-28-20-15-9-8-14-19(20)16-24-23(27)21(17-10-4-2-5-11-17)25-22(26)18-12-6-3-7-13-18/h2-15,21H,16H2,1H3,(H,24,27)(H,25,26). The molecule has 0 aliphatic heterocycles. The molecule has 0 saturated carbocycles. The first-order valence-corrected chi connectivity index (χ1v) is 8.99. The molecule has 0 saturated heterocycles. The van der Waals surface area contributed by atoms with Crippen molar-refractivity contribution < 1.29 is 14.3 Å². The normalized spacial score (nSPS) is 11.3. The van der Waals surface area contributed by atoms with E-state index in [0.29, 0.717) is 23.4 Å². The molecule has 2 N–H and O–H groups in total. The molecule has 3 aromatic carbocycles. The summed E-state index contributed by atoms with van der Waals surface area (Å²) >= 11 is 0. The smallest absolute Gasteiger partial charge is 0.252 e. The van der Waals surface area contributed by atoms with Crippen LogP contribution in [-0.2, 0) is 11.3 Å². The summed E-state index contributed by atoms with van der Waals surface area (Å²) in [5.41, 5.74) is 2.07. The number of methoxy groups -OCH3 is 1. The number of hydrogen-bond donors (Lipinski definition) is 2. The van der Waals surface area contributed by atoms with Crippen LogP contribution in [0.25, 0.3) is 0 Å². The number of benzene rings is 3. The van der Waals surface area contributed by atoms with Crippen LogP contribution in [0.2, 0.25) is 0 Å². The van der Waals surface area contributed by atoms with E-state index < -0.39 is 6.04 Å². The first-order chi connectivity index (χ1) is 13.7. The maximum absolute atomic E-state index is 12.9. The Morgan fingerprint density at radius 2 is 1.46 bits per heavy atom. The zero-order valence-electron chi connectivity index (χ0n) is 15.6. The summed E-state index contributed by atoms with van der Waals surface area (Å²) in [6.07, 6.45) is 0. The Bertz CT molecular complexity index is 927. The Kier molecular flexibility index (Phi) is 6.41. The van der Waals surface area contributed by atoms with Crippen LogP contribution >= 0.6 is 0 Å². The summed E-state index contributed by atoms with van der Waals surface area (Å²) in [6, 6.07) is 24.7. The van der Waals surface area contributed by atoms with Gasteiger partial charge < -0.3 is 15.4 Å². The van der Waals surface area contributed by atoms with Gasteiger partial charge in [0.05, 0.1) is 7.11 Å². The van der Waals surface area contributed by atoms with Crippen LogP contribution in [0.1, 0.15) is 27.5 Å². The SMILES string of the molecule is COc1ccccc1CNC(=O)C(NC(=O)c1ccccc1)c1ccccc1. The fourth-order valence-electron chi connectivity index (χ4n) is 2.88. The van der Waals surface area contributed by atoms with E-state index in [1.807, 2.05) is 60.7 Å². The summed E-state index contributed by atoms with van der Waals surface area (Å²) in [7, 11) is 1.59. The first kappa shape index (κ1) is 19.2. The molecule has 0 fully saturated rings. The third-order valence-corrected chi connectivity index (χ3v) is 4.35. The van der Waals surface area contributed by atoms with Gasteiger partial charge in [-0.3, -0.25) is 9.59 Å². The summed E-state index contributed by atoms with van der Waals surface area (Å²) < 4.78 is 5.32. The van der Waals surface area contributed by atoms with Crippen LogP contribution in [0.3, 0.4) is 0 Å². The molecule has 0 heterocycles. The predicted octanol–water partition coefficient (Wildman–Crippen LogP) is 3.48. The molecule has 3 aromatic rings. The highest BCUT2D eigenvalue weighted by molar-refractivity contribution is 5.97. The van der Waals surface area contributed by atoms with Gasteiger partial charge in [0.1, 0.15) is 11.8 Å². The molecule has 0 aromatic heterocycles. The number of para-hydroxylation sites is 1. The Morgan fingerprint density at radius 1 is 0.857 bits per heavy atom. The molecule has 28 heavy (non-hydrogen) atoms. The van der Waals surface area contributed by atoms with Crippen molar-refractivity contribution in [3.8, 4) is 5.75 Å². The number of carbonyl (C=O) groups excluding carboxylic acids is 2. The maximum atomic E-state index is 12.9. The van der Waals surface area contributed by atoms with Crippen molar-refractivity contribution in [3.05, 3.63) is 102 Å². The number of amides is 2. The topological polar surface area (TPSA) is 67.4 Å². The van der Waals surface area contributed by atoms with Crippen molar-refractivity contribution in [1.29, 1.82) is 0 Å². The minimum atomic E-state index is -0.802. The average molecular weight is 374 g/mol. The van der Waals surface area contributed by atoms with E-state index in [1.54, 1.807) is 31.4 Å². The molecule has 142 valence electrons. The molecule has 5 nitrogen and oxygen atoms in total. The summed E-state index contributed by atoms with van der Waals surface area (Å²) in [6.45, 7) is 0.299. The second-order valence-electron chi connectivity index (χ2n) is 6.21. The molecule has 0 aliphatic carbocycles. The molecule has 0 radical (unpaired) electrons. The van der Waals surface area contributed by atoms with Crippen LogP contribution in [0.4, 0.5) is 0 Å². The van der Waals surface area contributed by atoms with E-state index in [9.17, 15) is 9.59 Å². The lowest BCUT2D eigenvalue weighted by Gasteiger charge is -2.19. The van der Waals surface area contributed by atoms with Gasteiger partial charge in [0, 0.05) is 17.7 Å². The van der Waals surface area contributed by atoms with Crippen LogP contribution < -0.4 is 15.4 Å². The fourth-order valence-corrected chi connectivity index (χ4v) is 2.88. The molecular formula is C23H22N2O3. The third kappa shape index (κ3) is 4.76.